The van der Waals surface area contributed by atoms with Gasteiger partial charge < -0.3 is 5.11 Å². The molecule has 1 saturated heterocycles. The highest BCUT2D eigenvalue weighted by atomic mass is 16.4. The summed E-state index contributed by atoms with van der Waals surface area (Å²) in [4.78, 5) is 13.5. The summed E-state index contributed by atoms with van der Waals surface area (Å²) in [5.74, 6) is -0.695. The molecular weight excluding hydrogens is 238 g/mol. The molecule has 0 spiro atoms. The SMILES string of the molecule is CC[C@H](C(=O)O)N1CCC[C@@](C)(c2ccccc2)C1. The first-order chi connectivity index (χ1) is 9.07. The monoisotopic (exact) mass is 261 g/mol. The van der Waals surface area contributed by atoms with Crippen LogP contribution in [0, 0.1) is 0 Å². The lowest BCUT2D eigenvalue weighted by Crippen LogP contribution is -2.51. The zero-order valence-electron chi connectivity index (χ0n) is 11.8. The van der Waals surface area contributed by atoms with Crippen molar-refractivity contribution in [3.63, 3.8) is 0 Å². The van der Waals surface area contributed by atoms with Gasteiger partial charge in [-0.1, -0.05) is 44.2 Å². The molecule has 1 aliphatic rings. The summed E-state index contributed by atoms with van der Waals surface area (Å²) in [5.41, 5.74) is 1.39. The van der Waals surface area contributed by atoms with Crippen molar-refractivity contribution in [1.29, 1.82) is 0 Å². The smallest absolute Gasteiger partial charge is 0.320 e. The number of carboxylic acids is 1. The van der Waals surface area contributed by atoms with Crippen molar-refractivity contribution >= 4 is 5.97 Å². The molecule has 2 atom stereocenters. The number of carboxylic acid groups (broad SMARTS) is 1. The maximum absolute atomic E-state index is 11.3. The second-order valence-electron chi connectivity index (χ2n) is 5.76. The van der Waals surface area contributed by atoms with E-state index in [9.17, 15) is 9.90 Å². The minimum absolute atomic E-state index is 0.0718. The molecule has 1 fully saturated rings. The maximum atomic E-state index is 11.3. The number of aliphatic carboxylic acids is 1. The van der Waals surface area contributed by atoms with Gasteiger partial charge in [0.1, 0.15) is 6.04 Å². The highest BCUT2D eigenvalue weighted by molar-refractivity contribution is 5.73. The number of rotatable bonds is 4. The Bertz CT molecular complexity index is 432. The Kier molecular flexibility index (Phi) is 4.25. The fraction of sp³-hybridized carbons (Fsp3) is 0.562. The van der Waals surface area contributed by atoms with Crippen molar-refractivity contribution in [3.05, 3.63) is 35.9 Å². The second-order valence-corrected chi connectivity index (χ2v) is 5.76. The number of hydrogen-bond acceptors (Lipinski definition) is 2. The summed E-state index contributed by atoms with van der Waals surface area (Å²) in [6.07, 6.45) is 2.86. The molecule has 1 N–H and O–H groups in total. The van der Waals surface area contributed by atoms with E-state index in [-0.39, 0.29) is 11.5 Å². The molecule has 3 heteroatoms. The largest absolute Gasteiger partial charge is 0.480 e. The Morgan fingerprint density at radius 1 is 1.42 bits per heavy atom. The molecule has 0 amide bonds. The predicted octanol–water partition coefficient (Wildman–Crippen LogP) is 2.90. The van der Waals surface area contributed by atoms with Crippen LogP contribution in [0.2, 0.25) is 0 Å². The van der Waals surface area contributed by atoms with Gasteiger partial charge in [0.25, 0.3) is 0 Å². The summed E-state index contributed by atoms with van der Waals surface area (Å²) >= 11 is 0. The molecule has 19 heavy (non-hydrogen) atoms. The molecule has 0 radical (unpaired) electrons. The van der Waals surface area contributed by atoms with Crippen molar-refractivity contribution in [2.75, 3.05) is 13.1 Å². The summed E-state index contributed by atoms with van der Waals surface area (Å²) in [6, 6.07) is 10.1. The molecule has 1 aliphatic heterocycles. The van der Waals surface area contributed by atoms with Crippen LogP contribution >= 0.6 is 0 Å². The molecule has 1 aromatic rings. The summed E-state index contributed by atoms with van der Waals surface area (Å²) in [6.45, 7) is 5.94. The zero-order chi connectivity index (χ0) is 13.9. The highest BCUT2D eigenvalue weighted by Gasteiger charge is 2.36. The zero-order valence-corrected chi connectivity index (χ0v) is 11.8. The van der Waals surface area contributed by atoms with Crippen molar-refractivity contribution < 1.29 is 9.90 Å². The van der Waals surface area contributed by atoms with Crippen LogP contribution in [0.5, 0.6) is 0 Å². The molecule has 3 nitrogen and oxygen atoms in total. The number of nitrogens with zero attached hydrogens (tertiary/aromatic N) is 1. The molecule has 0 aromatic heterocycles. The van der Waals surface area contributed by atoms with Crippen molar-refractivity contribution in [1.82, 2.24) is 4.90 Å². The second kappa shape index (κ2) is 5.74. The Labute approximate surface area is 115 Å². The normalized spacial score (nSPS) is 26.0. The van der Waals surface area contributed by atoms with Gasteiger partial charge in [-0.3, -0.25) is 9.69 Å². The lowest BCUT2D eigenvalue weighted by Gasteiger charge is -2.43. The Morgan fingerprint density at radius 3 is 2.68 bits per heavy atom. The van der Waals surface area contributed by atoms with Crippen LogP contribution in [0.1, 0.15) is 38.7 Å². The third-order valence-electron chi connectivity index (χ3n) is 4.31. The molecule has 0 saturated carbocycles. The summed E-state index contributed by atoms with van der Waals surface area (Å²) in [5, 5.41) is 9.32. The molecular formula is C16H23NO2. The fourth-order valence-corrected chi connectivity index (χ4v) is 3.21. The van der Waals surface area contributed by atoms with Gasteiger partial charge in [0, 0.05) is 12.0 Å². The van der Waals surface area contributed by atoms with Crippen LogP contribution in [0.4, 0.5) is 0 Å². The van der Waals surface area contributed by atoms with Crippen LogP contribution < -0.4 is 0 Å². The number of benzene rings is 1. The first kappa shape index (κ1) is 14.1. The van der Waals surface area contributed by atoms with Gasteiger partial charge in [0.15, 0.2) is 0 Å². The Hall–Kier alpha value is -1.35. The third-order valence-corrected chi connectivity index (χ3v) is 4.31. The molecule has 1 aromatic carbocycles. The van der Waals surface area contributed by atoms with Gasteiger partial charge >= 0.3 is 5.97 Å². The number of piperidine rings is 1. The van der Waals surface area contributed by atoms with E-state index in [1.807, 2.05) is 13.0 Å². The lowest BCUT2D eigenvalue weighted by molar-refractivity contribution is -0.144. The lowest BCUT2D eigenvalue weighted by atomic mass is 9.75. The van der Waals surface area contributed by atoms with E-state index in [1.165, 1.54) is 5.56 Å². The molecule has 0 aliphatic carbocycles. The average Bonchev–Trinajstić information content (AvgIpc) is 2.40. The van der Waals surface area contributed by atoms with Gasteiger partial charge in [0.05, 0.1) is 0 Å². The standard InChI is InChI=1S/C16H23NO2/c1-3-14(15(18)19)17-11-7-10-16(2,12-17)13-8-5-4-6-9-13/h4-6,8-9,14H,3,7,10-12H2,1-2H3,(H,18,19)/t14-,16-/m1/s1. The van der Waals surface area contributed by atoms with Gasteiger partial charge in [-0.05, 0) is 31.4 Å². The molecule has 2 rings (SSSR count). The van der Waals surface area contributed by atoms with E-state index in [4.69, 9.17) is 0 Å². The van der Waals surface area contributed by atoms with E-state index in [0.29, 0.717) is 6.42 Å². The number of hydrogen-bond donors (Lipinski definition) is 1. The predicted molar refractivity (Wildman–Crippen MR) is 76.3 cm³/mol. The average molecular weight is 261 g/mol. The molecule has 1 heterocycles. The van der Waals surface area contributed by atoms with E-state index in [2.05, 4.69) is 36.1 Å². The topological polar surface area (TPSA) is 40.5 Å². The molecule has 0 unspecified atom stereocenters. The van der Waals surface area contributed by atoms with E-state index in [1.54, 1.807) is 0 Å². The summed E-state index contributed by atoms with van der Waals surface area (Å²) in [7, 11) is 0. The first-order valence-corrected chi connectivity index (χ1v) is 7.09. The van der Waals surface area contributed by atoms with Crippen LogP contribution in [-0.4, -0.2) is 35.1 Å². The van der Waals surface area contributed by atoms with Crippen LogP contribution in [0.15, 0.2) is 30.3 Å². The van der Waals surface area contributed by atoms with Crippen molar-refractivity contribution in [3.8, 4) is 0 Å². The van der Waals surface area contributed by atoms with E-state index >= 15 is 0 Å². The van der Waals surface area contributed by atoms with Gasteiger partial charge in [-0.15, -0.1) is 0 Å². The van der Waals surface area contributed by atoms with E-state index < -0.39 is 5.97 Å². The summed E-state index contributed by atoms with van der Waals surface area (Å²) < 4.78 is 0. The number of carbonyl (C=O) groups is 1. The van der Waals surface area contributed by atoms with Gasteiger partial charge in [-0.2, -0.15) is 0 Å². The third kappa shape index (κ3) is 2.98. The quantitative estimate of drug-likeness (QED) is 0.906. The van der Waals surface area contributed by atoms with Crippen LogP contribution in [-0.2, 0) is 10.2 Å². The Balaban J connectivity index is 2.19. The van der Waals surface area contributed by atoms with Crippen molar-refractivity contribution in [2.24, 2.45) is 0 Å². The number of likely N-dealkylation sites (tertiary alicyclic amines) is 1. The Morgan fingerprint density at radius 2 is 2.11 bits per heavy atom. The van der Waals surface area contributed by atoms with Crippen LogP contribution in [0.25, 0.3) is 0 Å². The van der Waals surface area contributed by atoms with Gasteiger partial charge in [0.2, 0.25) is 0 Å². The fourth-order valence-electron chi connectivity index (χ4n) is 3.21. The first-order valence-electron chi connectivity index (χ1n) is 7.09. The highest BCUT2D eigenvalue weighted by Crippen LogP contribution is 2.34. The maximum Gasteiger partial charge on any atom is 0.320 e. The van der Waals surface area contributed by atoms with Crippen LogP contribution in [0.3, 0.4) is 0 Å². The van der Waals surface area contributed by atoms with Gasteiger partial charge in [-0.25, -0.2) is 0 Å². The minimum Gasteiger partial charge on any atom is -0.480 e. The molecule has 0 bridgehead atoms. The molecule has 104 valence electrons. The van der Waals surface area contributed by atoms with E-state index in [0.717, 1.165) is 25.9 Å². The van der Waals surface area contributed by atoms with Crippen molar-refractivity contribution in [2.45, 2.75) is 44.6 Å². The minimum atomic E-state index is -0.695.